The highest BCUT2D eigenvalue weighted by atomic mass is 16.2. The van der Waals surface area contributed by atoms with E-state index in [4.69, 9.17) is 0 Å². The van der Waals surface area contributed by atoms with E-state index in [0.717, 1.165) is 35.3 Å². The number of amides is 2. The van der Waals surface area contributed by atoms with Crippen LogP contribution in [-0.2, 0) is 16.6 Å². The molecule has 0 spiro atoms. The first-order valence-electron chi connectivity index (χ1n) is 10.4. The monoisotopic (exact) mass is 406 g/mol. The summed E-state index contributed by atoms with van der Waals surface area (Å²) >= 11 is 0. The Morgan fingerprint density at radius 2 is 1.77 bits per heavy atom. The Labute approximate surface area is 177 Å². The van der Waals surface area contributed by atoms with E-state index in [2.05, 4.69) is 41.4 Å². The molecular weight excluding hydrogens is 376 g/mol. The Hall–Kier alpha value is -3.15. The molecule has 6 heteroatoms. The van der Waals surface area contributed by atoms with Crippen molar-refractivity contribution in [3.63, 3.8) is 0 Å². The summed E-state index contributed by atoms with van der Waals surface area (Å²) in [4.78, 5) is 32.5. The number of H-pyrrole nitrogens is 1. The van der Waals surface area contributed by atoms with Crippen LogP contribution in [0.5, 0.6) is 0 Å². The quantitative estimate of drug-likeness (QED) is 0.523. The second kappa shape index (κ2) is 9.11. The number of rotatable bonds is 7. The van der Waals surface area contributed by atoms with Crippen LogP contribution in [0.1, 0.15) is 55.9 Å². The molecule has 2 aromatic carbocycles. The zero-order chi connectivity index (χ0) is 21.7. The van der Waals surface area contributed by atoms with Gasteiger partial charge in [-0.1, -0.05) is 45.0 Å². The molecule has 0 aliphatic heterocycles. The second-order valence-electron chi connectivity index (χ2n) is 8.62. The molecule has 1 atom stereocenters. The van der Waals surface area contributed by atoms with E-state index in [1.807, 2.05) is 36.4 Å². The van der Waals surface area contributed by atoms with E-state index in [9.17, 15) is 9.59 Å². The second-order valence-corrected chi connectivity index (χ2v) is 8.62. The summed E-state index contributed by atoms with van der Waals surface area (Å²) in [6.45, 7) is 8.60. The summed E-state index contributed by atoms with van der Waals surface area (Å²) in [5.41, 5.74) is 3.71. The van der Waals surface area contributed by atoms with Crippen molar-refractivity contribution in [3.05, 3.63) is 65.5 Å². The zero-order valence-electron chi connectivity index (χ0n) is 18.1. The van der Waals surface area contributed by atoms with Gasteiger partial charge in [0.1, 0.15) is 11.9 Å². The van der Waals surface area contributed by atoms with Gasteiger partial charge in [-0.15, -0.1) is 0 Å². The number of benzene rings is 2. The van der Waals surface area contributed by atoms with E-state index in [-0.39, 0.29) is 17.2 Å². The predicted molar refractivity (Wildman–Crippen MR) is 119 cm³/mol. The third-order valence-electron chi connectivity index (χ3n) is 5.08. The van der Waals surface area contributed by atoms with Gasteiger partial charge in [-0.2, -0.15) is 0 Å². The summed E-state index contributed by atoms with van der Waals surface area (Å²) in [5.74, 6) is 0.463. The maximum atomic E-state index is 12.4. The van der Waals surface area contributed by atoms with Crippen molar-refractivity contribution in [3.8, 4) is 0 Å². The van der Waals surface area contributed by atoms with Crippen molar-refractivity contribution >= 4 is 22.8 Å². The van der Waals surface area contributed by atoms with Gasteiger partial charge < -0.3 is 15.6 Å². The number of hydrogen-bond donors (Lipinski definition) is 3. The Balaban J connectivity index is 1.43. The lowest BCUT2D eigenvalue weighted by atomic mass is 9.86. The van der Waals surface area contributed by atoms with Crippen LogP contribution >= 0.6 is 0 Å². The topological polar surface area (TPSA) is 86.9 Å². The van der Waals surface area contributed by atoms with Crippen LogP contribution in [-0.4, -0.2) is 34.4 Å². The van der Waals surface area contributed by atoms with Crippen molar-refractivity contribution in [2.24, 2.45) is 0 Å². The lowest BCUT2D eigenvalue weighted by molar-refractivity contribution is -0.122. The van der Waals surface area contributed by atoms with Crippen LogP contribution in [0.2, 0.25) is 0 Å². The van der Waals surface area contributed by atoms with E-state index in [0.29, 0.717) is 12.1 Å². The molecule has 1 heterocycles. The summed E-state index contributed by atoms with van der Waals surface area (Å²) in [6.07, 6.45) is 1.51. The largest absolute Gasteiger partial charge is 0.354 e. The molecule has 1 unspecified atom stereocenters. The average molecular weight is 407 g/mol. The van der Waals surface area contributed by atoms with Gasteiger partial charge >= 0.3 is 0 Å². The highest BCUT2D eigenvalue weighted by Gasteiger charge is 2.18. The minimum atomic E-state index is -0.606. The van der Waals surface area contributed by atoms with Crippen LogP contribution in [0.3, 0.4) is 0 Å². The maximum Gasteiger partial charge on any atom is 0.251 e. The first-order valence-corrected chi connectivity index (χ1v) is 10.4. The summed E-state index contributed by atoms with van der Waals surface area (Å²) in [7, 11) is 0. The molecule has 6 nitrogen and oxygen atoms in total. The molecule has 0 aliphatic rings. The molecule has 0 aliphatic carbocycles. The van der Waals surface area contributed by atoms with Gasteiger partial charge in [0.25, 0.3) is 5.91 Å². The van der Waals surface area contributed by atoms with Gasteiger partial charge in [0.15, 0.2) is 0 Å². The molecule has 0 radical (unpaired) electrons. The van der Waals surface area contributed by atoms with Gasteiger partial charge in [-0.05, 0) is 48.6 Å². The average Bonchev–Trinajstić information content (AvgIpc) is 3.13. The molecule has 0 fully saturated rings. The summed E-state index contributed by atoms with van der Waals surface area (Å²) in [6, 6.07) is 14.8. The first-order chi connectivity index (χ1) is 14.2. The van der Waals surface area contributed by atoms with Gasteiger partial charge in [0.05, 0.1) is 11.0 Å². The lowest BCUT2D eigenvalue weighted by Crippen LogP contribution is -2.45. The number of carbonyl (C=O) groups excluding carboxylic acids is 2. The Bertz CT molecular complexity index is 983. The SMILES string of the molecule is CC(NC(=O)c1ccc(C(C)(C)C)cc1)C(=O)NCCCc1nc2ccccc2[nH]1. The van der Waals surface area contributed by atoms with Crippen molar-refractivity contribution in [2.45, 2.75) is 52.0 Å². The minimum absolute atomic E-state index is 0.0323. The zero-order valence-corrected chi connectivity index (χ0v) is 18.1. The molecule has 3 N–H and O–H groups in total. The number of imidazole rings is 1. The minimum Gasteiger partial charge on any atom is -0.354 e. The molecule has 3 aromatic rings. The molecule has 0 bridgehead atoms. The van der Waals surface area contributed by atoms with Gasteiger partial charge in [-0.3, -0.25) is 9.59 Å². The number of aromatic amines is 1. The van der Waals surface area contributed by atoms with Crippen molar-refractivity contribution in [1.29, 1.82) is 0 Å². The molecular formula is C24H30N4O2. The van der Waals surface area contributed by atoms with Crippen molar-refractivity contribution < 1.29 is 9.59 Å². The van der Waals surface area contributed by atoms with Crippen LogP contribution in [0, 0.1) is 0 Å². The Morgan fingerprint density at radius 1 is 1.07 bits per heavy atom. The number of nitrogens with zero attached hydrogens (tertiary/aromatic N) is 1. The summed E-state index contributed by atoms with van der Waals surface area (Å²) in [5, 5.41) is 5.64. The van der Waals surface area contributed by atoms with Crippen LogP contribution in [0.15, 0.2) is 48.5 Å². The molecule has 2 amide bonds. The summed E-state index contributed by atoms with van der Waals surface area (Å²) < 4.78 is 0. The van der Waals surface area contributed by atoms with E-state index in [1.165, 1.54) is 0 Å². The van der Waals surface area contributed by atoms with Crippen LogP contribution in [0.4, 0.5) is 0 Å². The number of aromatic nitrogens is 2. The van der Waals surface area contributed by atoms with Gasteiger partial charge in [0, 0.05) is 18.5 Å². The number of aryl methyl sites for hydroxylation is 1. The smallest absolute Gasteiger partial charge is 0.251 e. The normalized spacial score (nSPS) is 12.5. The van der Waals surface area contributed by atoms with Gasteiger partial charge in [-0.25, -0.2) is 4.98 Å². The molecule has 0 saturated heterocycles. The fourth-order valence-corrected chi connectivity index (χ4v) is 3.21. The highest BCUT2D eigenvalue weighted by molar-refractivity contribution is 5.97. The van der Waals surface area contributed by atoms with E-state index >= 15 is 0 Å². The van der Waals surface area contributed by atoms with E-state index < -0.39 is 6.04 Å². The highest BCUT2D eigenvalue weighted by Crippen LogP contribution is 2.22. The van der Waals surface area contributed by atoms with Crippen molar-refractivity contribution in [2.75, 3.05) is 6.54 Å². The van der Waals surface area contributed by atoms with Gasteiger partial charge in [0.2, 0.25) is 5.91 Å². The number of hydrogen-bond acceptors (Lipinski definition) is 3. The fourth-order valence-electron chi connectivity index (χ4n) is 3.21. The van der Waals surface area contributed by atoms with Crippen LogP contribution < -0.4 is 10.6 Å². The molecule has 158 valence electrons. The number of carbonyl (C=O) groups is 2. The fraction of sp³-hybridized carbons (Fsp3) is 0.375. The third kappa shape index (κ3) is 5.47. The van der Waals surface area contributed by atoms with Crippen LogP contribution in [0.25, 0.3) is 11.0 Å². The third-order valence-corrected chi connectivity index (χ3v) is 5.08. The molecule has 1 aromatic heterocycles. The molecule has 30 heavy (non-hydrogen) atoms. The molecule has 0 saturated carbocycles. The first kappa shape index (κ1) is 21.6. The number of fused-ring (bicyclic) bond motifs is 1. The maximum absolute atomic E-state index is 12.4. The standard InChI is InChI=1S/C24H30N4O2/c1-16(26-23(30)17-11-13-18(14-12-17)24(2,3)4)22(29)25-15-7-10-21-27-19-8-5-6-9-20(19)28-21/h5-6,8-9,11-14,16H,7,10,15H2,1-4H3,(H,25,29)(H,26,30)(H,27,28). The van der Waals surface area contributed by atoms with E-state index in [1.54, 1.807) is 19.1 Å². The predicted octanol–water partition coefficient (Wildman–Crippen LogP) is 3.73. The van der Waals surface area contributed by atoms with Crippen molar-refractivity contribution in [1.82, 2.24) is 20.6 Å². The number of nitrogens with one attached hydrogen (secondary N) is 3. The Morgan fingerprint density at radius 3 is 2.43 bits per heavy atom. The molecule has 3 rings (SSSR count). The lowest BCUT2D eigenvalue weighted by Gasteiger charge is -2.19. The Kier molecular flexibility index (Phi) is 6.55. The number of para-hydroxylation sites is 2.